The van der Waals surface area contributed by atoms with Gasteiger partial charge in [0.1, 0.15) is 0 Å². The summed E-state index contributed by atoms with van der Waals surface area (Å²) in [5, 5.41) is 4.53. The molecule has 0 unspecified atom stereocenters. The summed E-state index contributed by atoms with van der Waals surface area (Å²) in [4.78, 5) is 18.7. The van der Waals surface area contributed by atoms with Crippen molar-refractivity contribution < 1.29 is 4.79 Å². The number of carbonyl (C=O) groups is 1. The van der Waals surface area contributed by atoms with Crippen LogP contribution in [0.25, 0.3) is 10.9 Å². The SMILES string of the molecule is CCc1cccc2c(CCNc3ccncc3C(N)=O)c[nH]c12. The van der Waals surface area contributed by atoms with Crippen LogP contribution in [-0.2, 0) is 12.8 Å². The molecule has 5 nitrogen and oxygen atoms in total. The van der Waals surface area contributed by atoms with Gasteiger partial charge in [-0.05, 0) is 30.0 Å². The van der Waals surface area contributed by atoms with Crippen LogP contribution >= 0.6 is 0 Å². The lowest BCUT2D eigenvalue weighted by molar-refractivity contribution is 0.100. The molecule has 5 heteroatoms. The Morgan fingerprint density at radius 3 is 2.96 bits per heavy atom. The van der Waals surface area contributed by atoms with Crippen LogP contribution in [0.1, 0.15) is 28.4 Å². The van der Waals surface area contributed by atoms with Gasteiger partial charge in [-0.15, -0.1) is 0 Å². The molecule has 0 atom stereocenters. The monoisotopic (exact) mass is 308 g/mol. The van der Waals surface area contributed by atoms with E-state index in [-0.39, 0.29) is 0 Å². The first-order valence-corrected chi connectivity index (χ1v) is 7.76. The van der Waals surface area contributed by atoms with Crippen LogP contribution in [-0.4, -0.2) is 22.4 Å². The van der Waals surface area contributed by atoms with Crippen molar-refractivity contribution in [3.63, 3.8) is 0 Å². The van der Waals surface area contributed by atoms with Crippen LogP contribution in [0.5, 0.6) is 0 Å². The van der Waals surface area contributed by atoms with E-state index in [4.69, 9.17) is 5.73 Å². The van der Waals surface area contributed by atoms with Gasteiger partial charge in [-0.25, -0.2) is 0 Å². The molecular weight excluding hydrogens is 288 g/mol. The first-order valence-electron chi connectivity index (χ1n) is 7.76. The van der Waals surface area contributed by atoms with Crippen LogP contribution in [0.4, 0.5) is 5.69 Å². The van der Waals surface area contributed by atoms with E-state index in [2.05, 4.69) is 46.6 Å². The maximum absolute atomic E-state index is 11.4. The number of hydrogen-bond acceptors (Lipinski definition) is 3. The van der Waals surface area contributed by atoms with Gasteiger partial charge in [-0.2, -0.15) is 0 Å². The number of nitrogens with two attached hydrogens (primary N) is 1. The summed E-state index contributed by atoms with van der Waals surface area (Å²) in [5.74, 6) is -0.472. The lowest BCUT2D eigenvalue weighted by Gasteiger charge is -2.09. The number of aromatic nitrogens is 2. The second-order valence-electron chi connectivity index (χ2n) is 5.47. The highest BCUT2D eigenvalue weighted by atomic mass is 16.1. The molecule has 3 aromatic rings. The van der Waals surface area contributed by atoms with Crippen molar-refractivity contribution in [3.05, 3.63) is 59.5 Å². The summed E-state index contributed by atoms with van der Waals surface area (Å²) in [6.07, 6.45) is 7.06. The number of nitrogens with one attached hydrogen (secondary N) is 2. The molecule has 0 radical (unpaired) electrons. The highest BCUT2D eigenvalue weighted by Crippen LogP contribution is 2.23. The quantitative estimate of drug-likeness (QED) is 0.654. The van der Waals surface area contributed by atoms with Gasteiger partial charge in [0.25, 0.3) is 5.91 Å². The number of pyridine rings is 1. The number of primary amides is 1. The van der Waals surface area contributed by atoms with E-state index in [0.717, 1.165) is 18.5 Å². The van der Waals surface area contributed by atoms with E-state index in [1.807, 2.05) is 0 Å². The Bertz CT molecular complexity index is 838. The van der Waals surface area contributed by atoms with E-state index in [9.17, 15) is 4.79 Å². The van der Waals surface area contributed by atoms with Gasteiger partial charge in [0, 0.05) is 36.0 Å². The van der Waals surface area contributed by atoms with Gasteiger partial charge < -0.3 is 16.0 Å². The molecule has 0 saturated carbocycles. The number of para-hydroxylation sites is 1. The molecule has 118 valence electrons. The van der Waals surface area contributed by atoms with Gasteiger partial charge in [0.2, 0.25) is 0 Å². The van der Waals surface area contributed by atoms with Crippen molar-refractivity contribution in [1.82, 2.24) is 9.97 Å². The summed E-state index contributed by atoms with van der Waals surface area (Å²) >= 11 is 0. The molecule has 4 N–H and O–H groups in total. The lowest BCUT2D eigenvalue weighted by atomic mass is 10.1. The molecule has 0 fully saturated rings. The molecule has 0 aliphatic rings. The molecule has 0 bridgehead atoms. The molecule has 23 heavy (non-hydrogen) atoms. The normalized spacial score (nSPS) is 10.8. The van der Waals surface area contributed by atoms with Crippen molar-refractivity contribution in [2.45, 2.75) is 19.8 Å². The molecule has 0 aliphatic heterocycles. The van der Waals surface area contributed by atoms with Crippen molar-refractivity contribution in [1.29, 1.82) is 0 Å². The second-order valence-corrected chi connectivity index (χ2v) is 5.47. The van der Waals surface area contributed by atoms with Crippen LogP contribution < -0.4 is 11.1 Å². The number of fused-ring (bicyclic) bond motifs is 1. The number of nitrogens with zero attached hydrogens (tertiary/aromatic N) is 1. The number of aromatic amines is 1. The van der Waals surface area contributed by atoms with Gasteiger partial charge >= 0.3 is 0 Å². The number of anilines is 1. The Hall–Kier alpha value is -2.82. The van der Waals surface area contributed by atoms with Crippen molar-refractivity contribution in [2.75, 3.05) is 11.9 Å². The van der Waals surface area contributed by atoms with Gasteiger partial charge in [0.15, 0.2) is 0 Å². The summed E-state index contributed by atoms with van der Waals surface area (Å²) in [6, 6.07) is 8.16. The molecule has 0 spiro atoms. The van der Waals surface area contributed by atoms with Gasteiger partial charge in [-0.3, -0.25) is 9.78 Å². The number of rotatable bonds is 6. The van der Waals surface area contributed by atoms with E-state index < -0.39 is 5.91 Å². The van der Waals surface area contributed by atoms with Crippen molar-refractivity contribution in [3.8, 4) is 0 Å². The van der Waals surface area contributed by atoms with Crippen LogP contribution in [0, 0.1) is 0 Å². The minimum Gasteiger partial charge on any atom is -0.384 e. The molecule has 1 aromatic carbocycles. The number of benzene rings is 1. The number of hydrogen-bond donors (Lipinski definition) is 3. The first kappa shape index (κ1) is 15.1. The maximum atomic E-state index is 11.4. The first-order chi connectivity index (χ1) is 11.2. The standard InChI is InChI=1S/C18H20N4O/c1-2-12-4-3-5-14-13(10-22-17(12)14)6-9-21-16-7-8-20-11-15(16)18(19)23/h3-5,7-8,10-11,22H,2,6,9H2,1H3,(H2,19,23)(H,20,21). The topological polar surface area (TPSA) is 83.8 Å². The van der Waals surface area contributed by atoms with E-state index >= 15 is 0 Å². The fraction of sp³-hybridized carbons (Fsp3) is 0.222. The minimum atomic E-state index is -0.472. The Morgan fingerprint density at radius 2 is 2.17 bits per heavy atom. The van der Waals surface area contributed by atoms with Crippen LogP contribution in [0.15, 0.2) is 42.9 Å². The van der Waals surface area contributed by atoms with E-state index in [0.29, 0.717) is 12.1 Å². The van der Waals surface area contributed by atoms with Crippen LogP contribution in [0.3, 0.4) is 0 Å². The average Bonchev–Trinajstić information content (AvgIpc) is 2.98. The van der Waals surface area contributed by atoms with E-state index in [1.165, 1.54) is 28.2 Å². The molecule has 1 amide bonds. The lowest BCUT2D eigenvalue weighted by Crippen LogP contribution is -2.15. The zero-order valence-corrected chi connectivity index (χ0v) is 13.1. The number of H-pyrrole nitrogens is 1. The minimum absolute atomic E-state index is 0.416. The van der Waals surface area contributed by atoms with Crippen molar-refractivity contribution >= 4 is 22.5 Å². The summed E-state index contributed by atoms with van der Waals surface area (Å²) in [6.45, 7) is 2.87. The Balaban J connectivity index is 1.74. The van der Waals surface area contributed by atoms with Gasteiger partial charge in [0.05, 0.1) is 11.3 Å². The summed E-state index contributed by atoms with van der Waals surface area (Å²) < 4.78 is 0. The third-order valence-corrected chi connectivity index (χ3v) is 4.06. The van der Waals surface area contributed by atoms with E-state index in [1.54, 1.807) is 12.3 Å². The third-order valence-electron chi connectivity index (χ3n) is 4.06. The second kappa shape index (κ2) is 6.52. The maximum Gasteiger partial charge on any atom is 0.252 e. The third kappa shape index (κ3) is 3.04. The Kier molecular flexibility index (Phi) is 4.28. The fourth-order valence-corrected chi connectivity index (χ4v) is 2.85. The average molecular weight is 308 g/mol. The fourth-order valence-electron chi connectivity index (χ4n) is 2.85. The zero-order chi connectivity index (χ0) is 16.2. The number of aryl methyl sites for hydroxylation is 1. The van der Waals surface area contributed by atoms with Crippen LogP contribution in [0.2, 0.25) is 0 Å². The molecule has 0 aliphatic carbocycles. The zero-order valence-electron chi connectivity index (χ0n) is 13.1. The molecular formula is C18H20N4O. The molecule has 0 saturated heterocycles. The smallest absolute Gasteiger partial charge is 0.252 e. The summed E-state index contributed by atoms with van der Waals surface area (Å²) in [5.41, 5.74) is 10.3. The largest absolute Gasteiger partial charge is 0.384 e. The predicted octanol–water partition coefficient (Wildman–Crippen LogP) is 2.88. The Labute approximate surface area is 134 Å². The Morgan fingerprint density at radius 1 is 1.30 bits per heavy atom. The highest BCUT2D eigenvalue weighted by Gasteiger charge is 2.09. The molecule has 2 heterocycles. The molecule has 3 rings (SSSR count). The summed E-state index contributed by atoms with van der Waals surface area (Å²) in [7, 11) is 0. The number of amides is 1. The van der Waals surface area contributed by atoms with Gasteiger partial charge in [-0.1, -0.05) is 25.1 Å². The number of carbonyl (C=O) groups excluding carboxylic acids is 1. The predicted molar refractivity (Wildman–Crippen MR) is 92.6 cm³/mol. The molecule has 2 aromatic heterocycles. The highest BCUT2D eigenvalue weighted by molar-refractivity contribution is 5.98. The van der Waals surface area contributed by atoms with Crippen molar-refractivity contribution in [2.24, 2.45) is 5.73 Å².